The first kappa shape index (κ1) is 13.5. The number of aromatic nitrogens is 3. The van der Waals surface area contributed by atoms with E-state index >= 15 is 0 Å². The lowest BCUT2D eigenvalue weighted by atomic mass is 10.1. The lowest BCUT2D eigenvalue weighted by Crippen LogP contribution is -2.11. The van der Waals surface area contributed by atoms with Crippen LogP contribution in [0.25, 0.3) is 0 Å². The minimum Gasteiger partial charge on any atom is -0.337 e. The highest BCUT2D eigenvalue weighted by Gasteiger charge is 2.19. The number of hydrogen-bond acceptors (Lipinski definition) is 3. The van der Waals surface area contributed by atoms with Gasteiger partial charge in [0.05, 0.1) is 21.6 Å². The van der Waals surface area contributed by atoms with E-state index in [2.05, 4.69) is 42.2 Å². The van der Waals surface area contributed by atoms with Gasteiger partial charge < -0.3 is 9.55 Å². The summed E-state index contributed by atoms with van der Waals surface area (Å²) >= 11 is 7.17. The van der Waals surface area contributed by atoms with E-state index < -0.39 is 0 Å². The van der Waals surface area contributed by atoms with Crippen LogP contribution in [0.2, 0.25) is 0 Å². The van der Waals surface area contributed by atoms with Gasteiger partial charge in [0.15, 0.2) is 4.77 Å². The summed E-state index contributed by atoms with van der Waals surface area (Å²) in [5.74, 6) is 0.453. The van der Waals surface area contributed by atoms with Crippen LogP contribution in [0.5, 0.6) is 0 Å². The first-order valence-corrected chi connectivity index (χ1v) is 7.38. The zero-order valence-corrected chi connectivity index (χ0v) is 13.1. The molecule has 2 aromatic rings. The SMILES string of the molecule is Cc1nc(C)c(C(C)n2c(C(C)C)c[nH]c2=S)s1. The fourth-order valence-corrected chi connectivity index (χ4v) is 3.58. The molecule has 98 valence electrons. The van der Waals surface area contributed by atoms with Crippen LogP contribution in [0.15, 0.2) is 6.20 Å². The third-order valence-corrected chi connectivity index (χ3v) is 4.70. The Kier molecular flexibility index (Phi) is 3.73. The largest absolute Gasteiger partial charge is 0.337 e. The molecule has 3 nitrogen and oxygen atoms in total. The average Bonchev–Trinajstić information content (AvgIpc) is 2.81. The molecule has 2 heterocycles. The average molecular weight is 281 g/mol. The highest BCUT2D eigenvalue weighted by Crippen LogP contribution is 2.30. The Labute approximate surface area is 117 Å². The van der Waals surface area contributed by atoms with Crippen LogP contribution >= 0.6 is 23.6 Å². The molecule has 0 aromatic carbocycles. The summed E-state index contributed by atoms with van der Waals surface area (Å²) in [4.78, 5) is 8.96. The van der Waals surface area contributed by atoms with Crippen molar-refractivity contribution in [3.63, 3.8) is 0 Å². The molecule has 0 radical (unpaired) electrons. The quantitative estimate of drug-likeness (QED) is 0.848. The fourth-order valence-electron chi connectivity index (χ4n) is 2.29. The van der Waals surface area contributed by atoms with E-state index in [1.54, 1.807) is 11.3 Å². The van der Waals surface area contributed by atoms with Crippen molar-refractivity contribution in [2.45, 2.75) is 46.6 Å². The predicted molar refractivity (Wildman–Crippen MR) is 79.1 cm³/mol. The molecular weight excluding hydrogens is 262 g/mol. The zero-order valence-electron chi connectivity index (χ0n) is 11.4. The van der Waals surface area contributed by atoms with Gasteiger partial charge in [-0.3, -0.25) is 0 Å². The second-order valence-electron chi connectivity index (χ2n) is 4.90. The van der Waals surface area contributed by atoms with Gasteiger partial charge in [-0.1, -0.05) is 13.8 Å². The molecule has 0 fully saturated rings. The molecule has 0 saturated carbocycles. The summed E-state index contributed by atoms with van der Waals surface area (Å²) in [5, 5.41) is 1.11. The third kappa shape index (κ3) is 2.29. The molecule has 2 rings (SSSR count). The van der Waals surface area contributed by atoms with Crippen molar-refractivity contribution in [3.05, 3.63) is 32.2 Å². The number of imidazole rings is 1. The predicted octanol–water partition coefficient (Wildman–Crippen LogP) is 4.35. The van der Waals surface area contributed by atoms with Crippen LogP contribution in [0, 0.1) is 18.6 Å². The number of aryl methyl sites for hydroxylation is 2. The summed E-state index contributed by atoms with van der Waals surface area (Å²) in [7, 11) is 0. The van der Waals surface area contributed by atoms with E-state index in [1.165, 1.54) is 10.6 Å². The van der Waals surface area contributed by atoms with E-state index in [1.807, 2.05) is 13.1 Å². The molecule has 1 N–H and O–H groups in total. The van der Waals surface area contributed by atoms with Crippen LogP contribution in [-0.2, 0) is 0 Å². The smallest absolute Gasteiger partial charge is 0.177 e. The zero-order chi connectivity index (χ0) is 13.4. The molecule has 0 saturated heterocycles. The first-order chi connectivity index (χ1) is 8.41. The molecule has 5 heteroatoms. The van der Waals surface area contributed by atoms with Crippen molar-refractivity contribution in [2.24, 2.45) is 0 Å². The minimum absolute atomic E-state index is 0.243. The fraction of sp³-hybridized carbons (Fsp3) is 0.538. The molecule has 1 unspecified atom stereocenters. The van der Waals surface area contributed by atoms with Gasteiger partial charge in [0, 0.05) is 11.9 Å². The van der Waals surface area contributed by atoms with Gasteiger partial charge in [0.1, 0.15) is 0 Å². The topological polar surface area (TPSA) is 33.6 Å². The van der Waals surface area contributed by atoms with Gasteiger partial charge >= 0.3 is 0 Å². The second-order valence-corrected chi connectivity index (χ2v) is 6.52. The van der Waals surface area contributed by atoms with Crippen molar-refractivity contribution in [1.29, 1.82) is 0 Å². The molecule has 18 heavy (non-hydrogen) atoms. The molecule has 0 bridgehead atoms. The van der Waals surface area contributed by atoms with Crippen molar-refractivity contribution >= 4 is 23.6 Å². The lowest BCUT2D eigenvalue weighted by molar-refractivity contribution is 0.587. The summed E-state index contributed by atoms with van der Waals surface area (Å²) < 4.78 is 3.00. The molecule has 2 aromatic heterocycles. The maximum atomic E-state index is 5.41. The number of H-pyrrole nitrogens is 1. The lowest BCUT2D eigenvalue weighted by Gasteiger charge is -2.17. The van der Waals surface area contributed by atoms with Gasteiger partial charge in [0.2, 0.25) is 0 Å². The highest BCUT2D eigenvalue weighted by molar-refractivity contribution is 7.71. The molecule has 0 amide bonds. The second kappa shape index (κ2) is 4.97. The van der Waals surface area contributed by atoms with Crippen LogP contribution in [0.1, 0.15) is 54.0 Å². The van der Waals surface area contributed by atoms with Gasteiger partial charge in [0.25, 0.3) is 0 Å². The van der Waals surface area contributed by atoms with E-state index in [0.29, 0.717) is 5.92 Å². The van der Waals surface area contributed by atoms with E-state index in [9.17, 15) is 0 Å². The molecule has 0 aliphatic heterocycles. The van der Waals surface area contributed by atoms with Crippen molar-refractivity contribution in [3.8, 4) is 0 Å². The summed E-state index contributed by atoms with van der Waals surface area (Å²) in [6.07, 6.45) is 2.02. The Bertz CT molecular complexity index is 604. The Morgan fingerprint density at radius 1 is 1.33 bits per heavy atom. The number of hydrogen-bond donors (Lipinski definition) is 1. The van der Waals surface area contributed by atoms with E-state index in [-0.39, 0.29) is 6.04 Å². The van der Waals surface area contributed by atoms with E-state index in [4.69, 9.17) is 12.2 Å². The standard InChI is InChI=1S/C13H19N3S2/c1-7(2)11-6-14-13(17)16(11)9(4)12-8(3)15-10(5)18-12/h6-7,9H,1-5H3,(H,14,17). The Morgan fingerprint density at radius 2 is 2.00 bits per heavy atom. The van der Waals surface area contributed by atoms with Crippen LogP contribution in [0.3, 0.4) is 0 Å². The Morgan fingerprint density at radius 3 is 2.50 bits per heavy atom. The van der Waals surface area contributed by atoms with Crippen molar-refractivity contribution in [1.82, 2.24) is 14.5 Å². The van der Waals surface area contributed by atoms with Gasteiger partial charge in [-0.25, -0.2) is 4.98 Å². The monoisotopic (exact) mass is 281 g/mol. The molecule has 1 atom stereocenters. The van der Waals surface area contributed by atoms with Crippen molar-refractivity contribution < 1.29 is 0 Å². The van der Waals surface area contributed by atoms with E-state index in [0.717, 1.165) is 15.5 Å². The summed E-state index contributed by atoms with van der Waals surface area (Å²) in [6.45, 7) is 10.7. The number of nitrogens with zero attached hydrogens (tertiary/aromatic N) is 2. The molecule has 0 aliphatic carbocycles. The maximum absolute atomic E-state index is 5.41. The third-order valence-electron chi connectivity index (χ3n) is 3.14. The van der Waals surface area contributed by atoms with Crippen molar-refractivity contribution in [2.75, 3.05) is 0 Å². The molecule has 0 aliphatic rings. The van der Waals surface area contributed by atoms with Crippen LogP contribution in [-0.4, -0.2) is 14.5 Å². The van der Waals surface area contributed by atoms with Gasteiger partial charge in [-0.2, -0.15) is 0 Å². The van der Waals surface area contributed by atoms with Crippen LogP contribution in [0.4, 0.5) is 0 Å². The highest BCUT2D eigenvalue weighted by atomic mass is 32.1. The number of thiazole rings is 1. The van der Waals surface area contributed by atoms with Crippen LogP contribution < -0.4 is 0 Å². The molecular formula is C13H19N3S2. The summed E-state index contributed by atoms with van der Waals surface area (Å²) in [6, 6.07) is 0.243. The minimum atomic E-state index is 0.243. The number of aromatic amines is 1. The normalized spacial score (nSPS) is 13.2. The van der Waals surface area contributed by atoms with Gasteiger partial charge in [-0.05, 0) is 38.9 Å². The van der Waals surface area contributed by atoms with Gasteiger partial charge in [-0.15, -0.1) is 11.3 Å². The summed E-state index contributed by atoms with van der Waals surface area (Å²) in [5.41, 5.74) is 2.36. The molecule has 0 spiro atoms. The number of nitrogens with one attached hydrogen (secondary N) is 1. The number of rotatable bonds is 3. The Balaban J connectivity index is 2.52. The maximum Gasteiger partial charge on any atom is 0.177 e. The Hall–Kier alpha value is -0.940. The first-order valence-electron chi connectivity index (χ1n) is 6.15.